The van der Waals surface area contributed by atoms with E-state index in [4.69, 9.17) is 4.52 Å². The van der Waals surface area contributed by atoms with Crippen molar-refractivity contribution in [3.8, 4) is 0 Å². The maximum atomic E-state index is 12.2. The van der Waals surface area contributed by atoms with Crippen molar-refractivity contribution in [2.24, 2.45) is 0 Å². The molecular weight excluding hydrogens is 282 g/mol. The highest BCUT2D eigenvalue weighted by atomic mass is 32.2. The maximum Gasteiger partial charge on any atom is 0.260 e. The molecule has 0 bridgehead atoms. The van der Waals surface area contributed by atoms with Gasteiger partial charge in [0.05, 0.1) is 11.8 Å². The van der Waals surface area contributed by atoms with Crippen LogP contribution in [0.2, 0.25) is 0 Å². The van der Waals surface area contributed by atoms with Crippen molar-refractivity contribution in [1.82, 2.24) is 14.4 Å². The first-order chi connectivity index (χ1) is 9.33. The fourth-order valence-electron chi connectivity index (χ4n) is 2.39. The molecule has 8 heteroatoms. The number of rotatable bonds is 4. The molecule has 1 aromatic heterocycles. The van der Waals surface area contributed by atoms with E-state index in [1.165, 1.54) is 4.31 Å². The number of hydrogen-bond acceptors (Lipinski definition) is 6. The van der Waals surface area contributed by atoms with Gasteiger partial charge < -0.3 is 9.63 Å². The Hall–Kier alpha value is -0.990. The van der Waals surface area contributed by atoms with Gasteiger partial charge in [-0.3, -0.25) is 0 Å². The number of aliphatic hydroxyl groups is 1. The molecule has 7 nitrogen and oxygen atoms in total. The summed E-state index contributed by atoms with van der Waals surface area (Å²) in [5.41, 5.74) is -1.36. The van der Waals surface area contributed by atoms with Crippen LogP contribution in [0.15, 0.2) is 4.52 Å². The third kappa shape index (κ3) is 2.25. The van der Waals surface area contributed by atoms with E-state index in [0.717, 1.165) is 12.8 Å². The van der Waals surface area contributed by atoms with Gasteiger partial charge in [-0.15, -0.1) is 0 Å². The number of sulfonamides is 1. The average Bonchev–Trinajstić information content (AvgIpc) is 2.97. The predicted molar refractivity (Wildman–Crippen MR) is 70.4 cm³/mol. The molecule has 0 spiro atoms. The molecule has 1 atom stereocenters. The van der Waals surface area contributed by atoms with Crippen LogP contribution in [0.1, 0.15) is 50.7 Å². The summed E-state index contributed by atoms with van der Waals surface area (Å²) in [6, 6.07) is 0. The van der Waals surface area contributed by atoms with E-state index in [-0.39, 0.29) is 23.6 Å². The second kappa shape index (κ2) is 4.51. The van der Waals surface area contributed by atoms with Crippen LogP contribution in [-0.2, 0) is 15.6 Å². The van der Waals surface area contributed by atoms with Crippen molar-refractivity contribution < 1.29 is 18.0 Å². The van der Waals surface area contributed by atoms with Gasteiger partial charge in [-0.1, -0.05) is 19.0 Å². The van der Waals surface area contributed by atoms with E-state index >= 15 is 0 Å². The van der Waals surface area contributed by atoms with E-state index in [9.17, 15) is 13.5 Å². The molecule has 1 saturated heterocycles. The number of aromatic nitrogens is 2. The molecule has 2 fully saturated rings. The van der Waals surface area contributed by atoms with Gasteiger partial charge in [0, 0.05) is 18.9 Å². The second-order valence-corrected chi connectivity index (χ2v) is 8.18. The molecule has 1 aliphatic heterocycles. The average molecular weight is 301 g/mol. The molecule has 0 radical (unpaired) electrons. The SMILES string of the molecule is CC(C)c1noc([C@]2(O)CCN(S(=O)(=O)C3CC3)C2)n1. The first-order valence-corrected chi connectivity index (χ1v) is 8.39. The van der Waals surface area contributed by atoms with Crippen LogP contribution in [0.4, 0.5) is 0 Å². The van der Waals surface area contributed by atoms with Gasteiger partial charge >= 0.3 is 0 Å². The Labute approximate surface area is 118 Å². The van der Waals surface area contributed by atoms with Crippen LogP contribution in [0.25, 0.3) is 0 Å². The summed E-state index contributed by atoms with van der Waals surface area (Å²) in [5, 5.41) is 14.2. The quantitative estimate of drug-likeness (QED) is 0.873. The van der Waals surface area contributed by atoms with Crippen LogP contribution < -0.4 is 0 Å². The summed E-state index contributed by atoms with van der Waals surface area (Å²) in [6.45, 7) is 4.16. The lowest BCUT2D eigenvalue weighted by atomic mass is 10.0. The smallest absolute Gasteiger partial charge is 0.260 e. The Balaban J connectivity index is 1.80. The van der Waals surface area contributed by atoms with Gasteiger partial charge in [-0.25, -0.2) is 8.42 Å². The lowest BCUT2D eigenvalue weighted by Gasteiger charge is -2.19. The highest BCUT2D eigenvalue weighted by Gasteiger charge is 2.50. The van der Waals surface area contributed by atoms with Crippen molar-refractivity contribution in [2.75, 3.05) is 13.1 Å². The minimum atomic E-state index is -3.27. The molecule has 1 aliphatic carbocycles. The van der Waals surface area contributed by atoms with Gasteiger partial charge in [-0.2, -0.15) is 9.29 Å². The van der Waals surface area contributed by atoms with E-state index < -0.39 is 15.6 Å². The standard InChI is InChI=1S/C12H19N3O4S/c1-8(2)10-13-11(19-14-10)12(16)5-6-15(7-12)20(17,18)9-3-4-9/h8-9,16H,3-7H2,1-2H3/t12-/m0/s1. The summed E-state index contributed by atoms with van der Waals surface area (Å²) in [4.78, 5) is 4.19. The summed E-state index contributed by atoms with van der Waals surface area (Å²) >= 11 is 0. The van der Waals surface area contributed by atoms with Crippen LogP contribution in [0.5, 0.6) is 0 Å². The molecule has 0 unspecified atom stereocenters. The maximum absolute atomic E-state index is 12.2. The number of nitrogens with zero attached hydrogens (tertiary/aromatic N) is 3. The molecule has 1 N–H and O–H groups in total. The van der Waals surface area contributed by atoms with Gasteiger partial charge in [0.25, 0.3) is 5.89 Å². The van der Waals surface area contributed by atoms with E-state index in [2.05, 4.69) is 10.1 Å². The summed E-state index contributed by atoms with van der Waals surface area (Å²) in [7, 11) is -3.27. The highest BCUT2D eigenvalue weighted by Crippen LogP contribution is 2.38. The minimum absolute atomic E-state index is 0.00552. The van der Waals surface area contributed by atoms with Crippen LogP contribution in [0.3, 0.4) is 0 Å². The van der Waals surface area contributed by atoms with Gasteiger partial charge in [0.15, 0.2) is 11.4 Å². The lowest BCUT2D eigenvalue weighted by Crippen LogP contribution is -2.36. The zero-order valence-corrected chi connectivity index (χ0v) is 12.4. The Kier molecular flexibility index (Phi) is 3.15. The van der Waals surface area contributed by atoms with Gasteiger partial charge in [0.2, 0.25) is 10.0 Å². The Morgan fingerprint density at radius 2 is 2.15 bits per heavy atom. The normalized spacial score (nSPS) is 28.4. The molecule has 3 rings (SSSR count). The monoisotopic (exact) mass is 301 g/mol. The molecule has 0 amide bonds. The van der Waals surface area contributed by atoms with Crippen LogP contribution in [0, 0.1) is 0 Å². The molecule has 1 aromatic rings. The number of β-amino-alcohol motifs (C(OH)–C–C–N with tert-alkyl or cyclic N) is 1. The fourth-order valence-corrected chi connectivity index (χ4v) is 4.28. The molecular formula is C12H19N3O4S. The van der Waals surface area contributed by atoms with E-state index in [1.807, 2.05) is 13.8 Å². The van der Waals surface area contributed by atoms with Crippen molar-refractivity contribution in [3.05, 3.63) is 11.7 Å². The Morgan fingerprint density at radius 3 is 2.70 bits per heavy atom. The topological polar surface area (TPSA) is 96.5 Å². The van der Waals surface area contributed by atoms with Crippen molar-refractivity contribution >= 4 is 10.0 Å². The van der Waals surface area contributed by atoms with E-state index in [1.54, 1.807) is 0 Å². The van der Waals surface area contributed by atoms with Crippen molar-refractivity contribution in [1.29, 1.82) is 0 Å². The van der Waals surface area contributed by atoms with Crippen LogP contribution in [-0.4, -0.2) is 46.3 Å². The molecule has 20 heavy (non-hydrogen) atoms. The van der Waals surface area contributed by atoms with E-state index in [0.29, 0.717) is 18.8 Å². The predicted octanol–water partition coefficient (Wildman–Crippen LogP) is 0.579. The van der Waals surface area contributed by atoms with Crippen LogP contribution >= 0.6 is 0 Å². The second-order valence-electron chi connectivity index (χ2n) is 5.97. The Bertz CT molecular complexity index is 608. The molecule has 2 heterocycles. The van der Waals surface area contributed by atoms with Crippen molar-refractivity contribution in [3.63, 3.8) is 0 Å². The fraction of sp³-hybridized carbons (Fsp3) is 0.833. The molecule has 2 aliphatic rings. The lowest BCUT2D eigenvalue weighted by molar-refractivity contribution is 0.0194. The van der Waals surface area contributed by atoms with Gasteiger partial charge in [-0.05, 0) is 12.8 Å². The first kappa shape index (κ1) is 14.0. The summed E-state index contributed by atoms with van der Waals surface area (Å²) in [5.74, 6) is 0.746. The Morgan fingerprint density at radius 1 is 1.45 bits per heavy atom. The van der Waals surface area contributed by atoms with Crippen molar-refractivity contribution in [2.45, 2.75) is 49.9 Å². The zero-order chi connectivity index (χ0) is 14.5. The third-order valence-electron chi connectivity index (χ3n) is 3.87. The molecule has 112 valence electrons. The number of hydrogen-bond donors (Lipinski definition) is 1. The third-order valence-corrected chi connectivity index (χ3v) is 6.22. The zero-order valence-electron chi connectivity index (χ0n) is 11.6. The summed E-state index contributed by atoms with van der Waals surface area (Å²) in [6.07, 6.45) is 1.73. The molecule has 1 saturated carbocycles. The largest absolute Gasteiger partial charge is 0.379 e. The van der Waals surface area contributed by atoms with Gasteiger partial charge in [0.1, 0.15) is 0 Å². The minimum Gasteiger partial charge on any atom is -0.379 e. The highest BCUT2D eigenvalue weighted by molar-refractivity contribution is 7.90. The molecule has 0 aromatic carbocycles. The first-order valence-electron chi connectivity index (χ1n) is 6.88. The summed E-state index contributed by atoms with van der Waals surface area (Å²) < 4.78 is 30.8.